The number of hydrogen-bond donors (Lipinski definition) is 2. The lowest BCUT2D eigenvalue weighted by molar-refractivity contribution is -0.192. The lowest BCUT2D eigenvalue weighted by atomic mass is 9.95. The maximum absolute atomic E-state index is 10.6. The van der Waals surface area contributed by atoms with E-state index in [2.05, 4.69) is 40.9 Å². The molecule has 4 rings (SSSR count). The molecule has 202 valence electrons. The number of rotatable bonds is 9. The first-order valence-electron chi connectivity index (χ1n) is 12.7. The average Bonchev–Trinajstić information content (AvgIpc) is 3.22. The minimum atomic E-state index is -5.08. The van der Waals surface area contributed by atoms with Crippen LogP contribution in [0.15, 0.2) is 47.5 Å². The fraction of sp³-hybridized carbons (Fsp3) is 0.481. The Bertz CT molecular complexity index is 1150. The third kappa shape index (κ3) is 8.85. The van der Waals surface area contributed by atoms with Gasteiger partial charge in [-0.3, -0.25) is 4.40 Å². The molecule has 0 unspecified atom stereocenters. The summed E-state index contributed by atoms with van der Waals surface area (Å²) in [5.41, 5.74) is 3.10. The molecule has 3 aromatic rings. The highest BCUT2D eigenvalue weighted by Crippen LogP contribution is 2.33. The molecule has 2 heterocycles. The van der Waals surface area contributed by atoms with Crippen LogP contribution in [0, 0.1) is 0 Å². The van der Waals surface area contributed by atoms with Gasteiger partial charge in [0.15, 0.2) is 0 Å². The summed E-state index contributed by atoms with van der Waals surface area (Å²) in [7, 11) is 0. The number of imidazole rings is 1. The van der Waals surface area contributed by atoms with Gasteiger partial charge in [-0.25, -0.2) is 9.78 Å². The van der Waals surface area contributed by atoms with E-state index in [1.807, 2.05) is 30.1 Å². The zero-order valence-electron chi connectivity index (χ0n) is 20.9. The van der Waals surface area contributed by atoms with Crippen molar-refractivity contribution in [1.29, 1.82) is 0 Å². The monoisotopic (exact) mass is 555 g/mol. The van der Waals surface area contributed by atoms with E-state index in [9.17, 15) is 13.2 Å². The van der Waals surface area contributed by atoms with Crippen LogP contribution in [-0.4, -0.2) is 38.4 Å². The van der Waals surface area contributed by atoms with E-state index < -0.39 is 12.1 Å². The van der Waals surface area contributed by atoms with Crippen LogP contribution in [0.2, 0.25) is 5.02 Å². The first-order valence-corrected chi connectivity index (χ1v) is 14.0. The summed E-state index contributed by atoms with van der Waals surface area (Å²) in [4.78, 5) is 15.2. The van der Waals surface area contributed by atoms with Gasteiger partial charge >= 0.3 is 12.1 Å². The Labute approximate surface area is 224 Å². The lowest BCUT2D eigenvalue weighted by Crippen LogP contribution is -2.23. The number of nitrogens with zero attached hydrogens (tertiary/aromatic N) is 2. The van der Waals surface area contributed by atoms with E-state index in [1.54, 1.807) is 0 Å². The number of aromatic nitrogens is 2. The van der Waals surface area contributed by atoms with Crippen LogP contribution in [0.25, 0.3) is 16.9 Å². The average molecular weight is 556 g/mol. The molecule has 2 aromatic heterocycles. The van der Waals surface area contributed by atoms with Crippen LogP contribution in [0.5, 0.6) is 0 Å². The molecular weight excluding hydrogens is 523 g/mol. The molecule has 2 N–H and O–H groups in total. The topological polar surface area (TPSA) is 66.6 Å². The predicted molar refractivity (Wildman–Crippen MR) is 145 cm³/mol. The Morgan fingerprint density at radius 3 is 2.41 bits per heavy atom. The van der Waals surface area contributed by atoms with Crippen molar-refractivity contribution in [2.24, 2.45) is 0 Å². The number of pyridine rings is 1. The highest BCUT2D eigenvalue weighted by atomic mass is 35.5. The molecule has 37 heavy (non-hydrogen) atoms. The van der Waals surface area contributed by atoms with E-state index in [-0.39, 0.29) is 0 Å². The van der Waals surface area contributed by atoms with Gasteiger partial charge in [-0.1, -0.05) is 69.2 Å². The Balaban J connectivity index is 0.000000479. The van der Waals surface area contributed by atoms with Crippen molar-refractivity contribution < 1.29 is 23.1 Å². The van der Waals surface area contributed by atoms with Crippen molar-refractivity contribution in [2.45, 2.75) is 81.8 Å². The second kappa shape index (κ2) is 14.0. The summed E-state index contributed by atoms with van der Waals surface area (Å²) < 4.78 is 33.8. The Morgan fingerprint density at radius 1 is 1.11 bits per heavy atom. The van der Waals surface area contributed by atoms with Gasteiger partial charge in [-0.15, -0.1) is 11.8 Å². The minimum absolute atomic E-state index is 0.509. The van der Waals surface area contributed by atoms with E-state index in [0.29, 0.717) is 6.04 Å². The van der Waals surface area contributed by atoms with Crippen LogP contribution >= 0.6 is 23.4 Å². The fourth-order valence-corrected chi connectivity index (χ4v) is 5.30. The molecule has 0 aliphatic heterocycles. The van der Waals surface area contributed by atoms with Crippen molar-refractivity contribution in [3.8, 4) is 11.3 Å². The summed E-state index contributed by atoms with van der Waals surface area (Å²) in [5, 5.41) is 11.7. The summed E-state index contributed by atoms with van der Waals surface area (Å²) in [6, 6.07) is 13.3. The standard InChI is InChI=1S/C25H32ClN3S.C2HF3O2/c1-2-3-4-8-17-30-22-14-11-19(12-15-22)24-25(27-21-9-6-5-7-10-21)29-18-20(26)13-16-23(29)28-24;3-2(4,5)1(6)7/h11-16,18,21,27H,2-10,17H2,1H3;(H,6,7). The Kier molecular flexibility index (Phi) is 11.0. The molecule has 5 nitrogen and oxygen atoms in total. The number of hydrogen-bond acceptors (Lipinski definition) is 4. The van der Waals surface area contributed by atoms with E-state index in [0.717, 1.165) is 27.7 Å². The number of carboxylic acids is 1. The van der Waals surface area contributed by atoms with Crippen molar-refractivity contribution in [3.63, 3.8) is 0 Å². The molecule has 1 fully saturated rings. The summed E-state index contributed by atoms with van der Waals surface area (Å²) in [6.45, 7) is 2.26. The van der Waals surface area contributed by atoms with Gasteiger partial charge in [0.2, 0.25) is 0 Å². The second-order valence-electron chi connectivity index (χ2n) is 9.10. The van der Waals surface area contributed by atoms with Gasteiger partial charge in [-0.2, -0.15) is 13.2 Å². The normalized spacial score (nSPS) is 14.3. The van der Waals surface area contributed by atoms with Crippen molar-refractivity contribution in [1.82, 2.24) is 9.38 Å². The number of unbranched alkanes of at least 4 members (excludes halogenated alkanes) is 3. The highest BCUT2D eigenvalue weighted by Gasteiger charge is 2.38. The van der Waals surface area contributed by atoms with Crippen molar-refractivity contribution >= 4 is 40.8 Å². The number of thioether (sulfide) groups is 1. The van der Waals surface area contributed by atoms with Gasteiger partial charge in [0.1, 0.15) is 17.2 Å². The van der Waals surface area contributed by atoms with Crippen molar-refractivity contribution in [2.75, 3.05) is 11.1 Å². The maximum atomic E-state index is 10.6. The maximum Gasteiger partial charge on any atom is 0.490 e. The first kappa shape index (κ1) is 29.2. The number of fused-ring (bicyclic) bond motifs is 1. The predicted octanol–water partition coefficient (Wildman–Crippen LogP) is 8.71. The molecular formula is C27H33ClF3N3O2S. The summed E-state index contributed by atoms with van der Waals surface area (Å²) in [6.07, 6.45) is 8.55. The van der Waals surface area contributed by atoms with E-state index in [4.69, 9.17) is 26.5 Å². The summed E-state index contributed by atoms with van der Waals surface area (Å²) >= 11 is 8.27. The number of carbonyl (C=O) groups is 1. The van der Waals surface area contributed by atoms with Crippen LogP contribution in [0.1, 0.15) is 64.7 Å². The molecule has 0 atom stereocenters. The number of carboxylic acid groups (broad SMARTS) is 1. The molecule has 1 saturated carbocycles. The third-order valence-corrected chi connectivity index (χ3v) is 7.49. The van der Waals surface area contributed by atoms with Gasteiger partial charge in [-0.05, 0) is 49.3 Å². The number of alkyl halides is 3. The Morgan fingerprint density at radius 2 is 1.78 bits per heavy atom. The van der Waals surface area contributed by atoms with E-state index >= 15 is 0 Å². The van der Waals surface area contributed by atoms with Crippen LogP contribution in [0.4, 0.5) is 19.0 Å². The Hall–Kier alpha value is -2.39. The molecule has 0 radical (unpaired) electrons. The number of benzene rings is 1. The fourth-order valence-electron chi connectivity index (χ4n) is 4.23. The van der Waals surface area contributed by atoms with Gasteiger partial charge in [0, 0.05) is 22.7 Å². The molecule has 0 amide bonds. The first-order chi connectivity index (χ1) is 17.7. The summed E-state index contributed by atoms with van der Waals surface area (Å²) in [5.74, 6) is -0.493. The van der Waals surface area contributed by atoms with Crippen LogP contribution < -0.4 is 5.32 Å². The second-order valence-corrected chi connectivity index (χ2v) is 10.7. The molecule has 1 aliphatic rings. The van der Waals surface area contributed by atoms with Crippen molar-refractivity contribution in [3.05, 3.63) is 47.6 Å². The molecule has 0 spiro atoms. The zero-order valence-corrected chi connectivity index (χ0v) is 22.4. The number of halogens is 4. The molecule has 1 aromatic carbocycles. The quantitative estimate of drug-likeness (QED) is 0.204. The van der Waals surface area contributed by atoms with E-state index in [1.165, 1.54) is 68.4 Å². The molecule has 10 heteroatoms. The smallest absolute Gasteiger partial charge is 0.475 e. The highest BCUT2D eigenvalue weighted by molar-refractivity contribution is 7.99. The number of nitrogens with one attached hydrogen (secondary N) is 1. The van der Waals surface area contributed by atoms with Gasteiger partial charge in [0.05, 0.1) is 5.02 Å². The lowest BCUT2D eigenvalue weighted by Gasteiger charge is -2.24. The zero-order chi connectivity index (χ0) is 26.8. The largest absolute Gasteiger partial charge is 0.490 e. The number of anilines is 1. The molecule has 0 saturated heterocycles. The molecule has 0 bridgehead atoms. The molecule has 1 aliphatic carbocycles. The number of aliphatic carboxylic acids is 1. The SMILES string of the molecule is CCCCCCSc1ccc(-c2nc3ccc(Cl)cn3c2NC2CCCCC2)cc1.O=C(O)C(F)(F)F. The van der Waals surface area contributed by atoms with Crippen LogP contribution in [-0.2, 0) is 4.79 Å². The minimum Gasteiger partial charge on any atom is -0.475 e. The third-order valence-electron chi connectivity index (χ3n) is 6.17. The van der Waals surface area contributed by atoms with Gasteiger partial charge < -0.3 is 10.4 Å². The van der Waals surface area contributed by atoms with Crippen LogP contribution in [0.3, 0.4) is 0 Å². The van der Waals surface area contributed by atoms with Gasteiger partial charge in [0.25, 0.3) is 0 Å².